The van der Waals surface area contributed by atoms with Crippen LogP contribution in [0.25, 0.3) is 4.85 Å². The minimum Gasteiger partial charge on any atom is -0.460 e. The van der Waals surface area contributed by atoms with Gasteiger partial charge in [0.2, 0.25) is 0 Å². The van der Waals surface area contributed by atoms with Crippen LogP contribution in [0.5, 0.6) is 0 Å². The predicted molar refractivity (Wildman–Crippen MR) is 41.9 cm³/mol. The fourth-order valence-electron chi connectivity index (χ4n) is 0.702. The molecule has 0 saturated carbocycles. The van der Waals surface area contributed by atoms with E-state index in [0.29, 0.717) is 6.61 Å². The quantitative estimate of drug-likeness (QED) is 0.456. The van der Waals surface area contributed by atoms with Crippen LogP contribution in [0.3, 0.4) is 0 Å². The van der Waals surface area contributed by atoms with E-state index in [-0.39, 0.29) is 5.92 Å². The lowest BCUT2D eigenvalue weighted by Gasteiger charge is -2.06. The fraction of sp³-hybridized carbons (Fsp3) is 0.750. The van der Waals surface area contributed by atoms with E-state index in [0.717, 1.165) is 0 Å². The maximum absolute atomic E-state index is 11.0. The zero-order chi connectivity index (χ0) is 8.85. The van der Waals surface area contributed by atoms with Gasteiger partial charge >= 0.3 is 12.0 Å². The van der Waals surface area contributed by atoms with Crippen LogP contribution in [0.2, 0.25) is 0 Å². The van der Waals surface area contributed by atoms with Gasteiger partial charge in [-0.2, -0.15) is 0 Å². The van der Waals surface area contributed by atoms with Crippen LogP contribution >= 0.6 is 0 Å². The highest BCUT2D eigenvalue weighted by Gasteiger charge is 2.28. The molecular weight excluding hydrogens is 142 g/mol. The molecule has 0 radical (unpaired) electrons. The van der Waals surface area contributed by atoms with Crippen molar-refractivity contribution in [1.29, 1.82) is 0 Å². The summed E-state index contributed by atoms with van der Waals surface area (Å²) in [5.74, 6) is -0.371. The first kappa shape index (κ1) is 9.96. The first-order valence-electron chi connectivity index (χ1n) is 3.66. The lowest BCUT2D eigenvalue weighted by Crippen LogP contribution is -2.25. The number of ether oxygens (including phenoxy) is 1. The van der Waals surface area contributed by atoms with Crippen molar-refractivity contribution < 1.29 is 9.53 Å². The molecule has 0 unspecified atom stereocenters. The Morgan fingerprint density at radius 1 is 1.64 bits per heavy atom. The van der Waals surface area contributed by atoms with E-state index >= 15 is 0 Å². The predicted octanol–water partition coefficient (Wildman–Crippen LogP) is 1.49. The Balaban J connectivity index is 4.06. The summed E-state index contributed by atoms with van der Waals surface area (Å²) in [6.07, 6.45) is 0. The molecule has 3 heteroatoms. The molecule has 0 aliphatic rings. The standard InChI is InChI=1S/C8H13NO2/c1-5-11-8(10)7(9-4)6(2)3/h6-7H,5H2,1-3H3/t7-/m1/s1. The summed E-state index contributed by atoms with van der Waals surface area (Å²) in [6, 6.07) is -0.630. The van der Waals surface area contributed by atoms with Gasteiger partial charge in [-0.15, -0.1) is 0 Å². The SMILES string of the molecule is [C-]#[N+][C@@H](C(=O)OCC)C(C)C. The van der Waals surface area contributed by atoms with Crippen molar-refractivity contribution in [2.75, 3.05) is 6.61 Å². The van der Waals surface area contributed by atoms with E-state index in [1.807, 2.05) is 13.8 Å². The Morgan fingerprint density at radius 2 is 2.18 bits per heavy atom. The number of esters is 1. The van der Waals surface area contributed by atoms with Crippen molar-refractivity contribution >= 4 is 5.97 Å². The molecule has 0 aliphatic heterocycles. The fourth-order valence-corrected chi connectivity index (χ4v) is 0.702. The summed E-state index contributed by atoms with van der Waals surface area (Å²) in [7, 11) is 0. The third-order valence-corrected chi connectivity index (χ3v) is 1.30. The Hall–Kier alpha value is -1.04. The first-order valence-corrected chi connectivity index (χ1v) is 3.66. The molecule has 0 rings (SSSR count). The summed E-state index contributed by atoms with van der Waals surface area (Å²) >= 11 is 0. The molecule has 62 valence electrons. The largest absolute Gasteiger partial charge is 0.460 e. The summed E-state index contributed by atoms with van der Waals surface area (Å²) in [5, 5.41) is 0. The van der Waals surface area contributed by atoms with Crippen molar-refractivity contribution in [2.24, 2.45) is 5.92 Å². The summed E-state index contributed by atoms with van der Waals surface area (Å²) < 4.78 is 4.70. The second kappa shape index (κ2) is 4.73. The van der Waals surface area contributed by atoms with Crippen LogP contribution in [-0.4, -0.2) is 18.6 Å². The van der Waals surface area contributed by atoms with Crippen molar-refractivity contribution in [1.82, 2.24) is 0 Å². The molecule has 0 spiro atoms. The van der Waals surface area contributed by atoms with Gasteiger partial charge in [-0.3, -0.25) is 0 Å². The molecular formula is C8H13NO2. The lowest BCUT2D eigenvalue weighted by atomic mass is 10.1. The van der Waals surface area contributed by atoms with Gasteiger partial charge in [0.15, 0.2) is 0 Å². The van der Waals surface area contributed by atoms with Gasteiger partial charge in [-0.25, -0.2) is 11.4 Å². The van der Waals surface area contributed by atoms with E-state index in [1.54, 1.807) is 6.92 Å². The van der Waals surface area contributed by atoms with Crippen molar-refractivity contribution in [3.8, 4) is 0 Å². The normalized spacial score (nSPS) is 12.3. The van der Waals surface area contributed by atoms with E-state index < -0.39 is 12.0 Å². The Morgan fingerprint density at radius 3 is 2.45 bits per heavy atom. The molecule has 0 aliphatic carbocycles. The smallest absolute Gasteiger partial charge is 0.390 e. The number of carbonyl (C=O) groups excluding carboxylic acids is 1. The maximum Gasteiger partial charge on any atom is 0.390 e. The Labute approximate surface area is 67.2 Å². The molecule has 0 bridgehead atoms. The van der Waals surface area contributed by atoms with Crippen LogP contribution in [0.4, 0.5) is 0 Å². The number of hydrogen-bond acceptors (Lipinski definition) is 2. The topological polar surface area (TPSA) is 30.7 Å². The van der Waals surface area contributed by atoms with Crippen LogP contribution in [0.1, 0.15) is 20.8 Å². The highest BCUT2D eigenvalue weighted by molar-refractivity contribution is 5.77. The maximum atomic E-state index is 11.0. The minimum atomic E-state index is -0.630. The molecule has 0 fully saturated rings. The van der Waals surface area contributed by atoms with E-state index in [2.05, 4.69) is 4.85 Å². The van der Waals surface area contributed by atoms with Crippen LogP contribution in [-0.2, 0) is 9.53 Å². The zero-order valence-corrected chi connectivity index (χ0v) is 7.13. The average Bonchev–Trinajstić information content (AvgIpc) is 1.88. The molecule has 3 nitrogen and oxygen atoms in total. The number of rotatable bonds is 3. The molecule has 0 saturated heterocycles. The lowest BCUT2D eigenvalue weighted by molar-refractivity contribution is -0.144. The second-order valence-electron chi connectivity index (χ2n) is 2.57. The number of carbonyl (C=O) groups is 1. The Bertz CT molecular complexity index is 169. The van der Waals surface area contributed by atoms with Crippen molar-refractivity contribution in [2.45, 2.75) is 26.8 Å². The molecule has 0 aromatic heterocycles. The minimum absolute atomic E-state index is 0.0338. The van der Waals surface area contributed by atoms with Gasteiger partial charge < -0.3 is 9.58 Å². The number of hydrogen-bond donors (Lipinski definition) is 0. The average molecular weight is 155 g/mol. The summed E-state index contributed by atoms with van der Waals surface area (Å²) in [4.78, 5) is 14.2. The van der Waals surface area contributed by atoms with E-state index in [4.69, 9.17) is 11.3 Å². The van der Waals surface area contributed by atoms with Crippen LogP contribution in [0.15, 0.2) is 0 Å². The second-order valence-corrected chi connectivity index (χ2v) is 2.57. The zero-order valence-electron chi connectivity index (χ0n) is 7.13. The monoisotopic (exact) mass is 155 g/mol. The molecule has 0 amide bonds. The van der Waals surface area contributed by atoms with E-state index in [1.165, 1.54) is 0 Å². The van der Waals surface area contributed by atoms with Gasteiger partial charge in [0, 0.05) is 5.92 Å². The molecule has 11 heavy (non-hydrogen) atoms. The Kier molecular flexibility index (Phi) is 4.28. The van der Waals surface area contributed by atoms with Gasteiger partial charge in [0.25, 0.3) is 0 Å². The molecule has 1 atom stereocenters. The first-order chi connectivity index (χ1) is 5.13. The van der Waals surface area contributed by atoms with Crippen LogP contribution < -0.4 is 0 Å². The number of nitrogens with zero attached hydrogens (tertiary/aromatic N) is 1. The van der Waals surface area contributed by atoms with Gasteiger partial charge in [-0.1, -0.05) is 13.8 Å². The molecule has 0 aromatic rings. The molecule has 0 N–H and O–H groups in total. The van der Waals surface area contributed by atoms with Crippen LogP contribution in [0, 0.1) is 12.5 Å². The summed E-state index contributed by atoms with van der Waals surface area (Å²) in [6.45, 7) is 12.5. The third-order valence-electron chi connectivity index (χ3n) is 1.30. The van der Waals surface area contributed by atoms with Crippen molar-refractivity contribution in [3.63, 3.8) is 0 Å². The molecule has 0 heterocycles. The highest BCUT2D eigenvalue weighted by atomic mass is 16.5. The van der Waals surface area contributed by atoms with Gasteiger partial charge in [-0.05, 0) is 6.92 Å². The summed E-state index contributed by atoms with van der Waals surface area (Å²) in [5.41, 5.74) is 0. The molecule has 0 aromatic carbocycles. The van der Waals surface area contributed by atoms with Gasteiger partial charge in [0.05, 0.1) is 6.61 Å². The van der Waals surface area contributed by atoms with Gasteiger partial charge in [0.1, 0.15) is 0 Å². The van der Waals surface area contributed by atoms with Crippen molar-refractivity contribution in [3.05, 3.63) is 11.4 Å². The van der Waals surface area contributed by atoms with E-state index in [9.17, 15) is 4.79 Å². The highest BCUT2D eigenvalue weighted by Crippen LogP contribution is 2.07. The third kappa shape index (κ3) is 3.03.